The van der Waals surface area contributed by atoms with E-state index in [1.54, 1.807) is 0 Å². The van der Waals surface area contributed by atoms with Crippen LogP contribution in [0.25, 0.3) is 0 Å². The number of ether oxygens (including phenoxy) is 2. The van der Waals surface area contributed by atoms with Gasteiger partial charge in [0.1, 0.15) is 11.5 Å². The third-order valence-corrected chi connectivity index (χ3v) is 10.0. The average molecular weight is 496 g/mol. The fraction of sp³-hybridized carbons (Fsp3) is 0.478. The Bertz CT molecular complexity index is 824. The van der Waals surface area contributed by atoms with Crippen molar-refractivity contribution in [1.82, 2.24) is 0 Å². The second-order valence-corrected chi connectivity index (χ2v) is 11.4. The van der Waals surface area contributed by atoms with E-state index in [1.807, 2.05) is 60.7 Å². The molecule has 2 aromatic rings. The van der Waals surface area contributed by atoms with Gasteiger partial charge in [-0.25, -0.2) is 0 Å². The van der Waals surface area contributed by atoms with Gasteiger partial charge in [0.2, 0.25) is 0 Å². The second kappa shape index (κ2) is 12.6. The van der Waals surface area contributed by atoms with Crippen molar-refractivity contribution in [2.24, 2.45) is 0 Å². The van der Waals surface area contributed by atoms with Gasteiger partial charge in [0.05, 0.1) is 45.7 Å². The van der Waals surface area contributed by atoms with Gasteiger partial charge in [-0.2, -0.15) is 0 Å². The van der Waals surface area contributed by atoms with Crippen LogP contribution in [0.1, 0.15) is 23.7 Å². The van der Waals surface area contributed by atoms with Crippen LogP contribution in [0.4, 0.5) is 0 Å². The van der Waals surface area contributed by atoms with E-state index in [1.165, 1.54) is 0 Å². The summed E-state index contributed by atoms with van der Waals surface area (Å²) in [5.74, 6) is 0. The highest BCUT2D eigenvalue weighted by Crippen LogP contribution is 2.79. The average Bonchev–Trinajstić information content (AvgIpc) is 3.58. The van der Waals surface area contributed by atoms with Crippen LogP contribution in [0.3, 0.4) is 0 Å². The molecule has 0 radical (unpaired) electrons. The summed E-state index contributed by atoms with van der Waals surface area (Å²) in [5, 5.41) is 18.6. The highest BCUT2D eigenvalue weighted by molar-refractivity contribution is 7.67. The van der Waals surface area contributed by atoms with E-state index in [0.717, 1.165) is 11.1 Å². The lowest BCUT2D eigenvalue weighted by atomic mass is 10.00. The molecule has 0 saturated carbocycles. The molecule has 180 valence electrons. The highest BCUT2D eigenvalue weighted by Gasteiger charge is 2.57. The fourth-order valence-corrected chi connectivity index (χ4v) is 8.46. The maximum Gasteiger partial charge on any atom is 0.194 e. The van der Waals surface area contributed by atoms with Crippen molar-refractivity contribution in [3.8, 4) is 0 Å². The Balaban J connectivity index is 1.73. The third kappa shape index (κ3) is 5.98. The Labute approximate surface area is 196 Å². The SMILES string of the molecule is OCCOC1COP(C(CC(OCCO)c2ccccc2)(c2ccccc2)P2OCCO2)O1. The predicted octanol–water partition coefficient (Wildman–Crippen LogP) is 4.03. The predicted molar refractivity (Wildman–Crippen MR) is 125 cm³/mol. The minimum absolute atomic E-state index is 0.0811. The van der Waals surface area contributed by atoms with Crippen LogP contribution in [0.2, 0.25) is 0 Å². The van der Waals surface area contributed by atoms with Gasteiger partial charge in [-0.05, 0) is 11.1 Å². The summed E-state index contributed by atoms with van der Waals surface area (Å²) >= 11 is 0. The van der Waals surface area contributed by atoms with Crippen molar-refractivity contribution < 1.29 is 37.8 Å². The first-order valence-electron chi connectivity index (χ1n) is 11.0. The highest BCUT2D eigenvalue weighted by atomic mass is 31.2. The molecular formula is C23H30O8P2. The van der Waals surface area contributed by atoms with Gasteiger partial charge in [-0.3, -0.25) is 0 Å². The van der Waals surface area contributed by atoms with Crippen LogP contribution in [0, 0.1) is 0 Å². The van der Waals surface area contributed by atoms with Gasteiger partial charge in [-0.15, -0.1) is 0 Å². The van der Waals surface area contributed by atoms with Crippen LogP contribution < -0.4 is 0 Å². The molecule has 0 spiro atoms. The van der Waals surface area contributed by atoms with Crippen LogP contribution in [0.5, 0.6) is 0 Å². The monoisotopic (exact) mass is 496 g/mol. The summed E-state index contributed by atoms with van der Waals surface area (Å²) in [7, 11) is -2.96. The first-order valence-corrected chi connectivity index (χ1v) is 13.3. The first-order chi connectivity index (χ1) is 16.3. The Kier molecular flexibility index (Phi) is 9.59. The molecule has 8 nitrogen and oxygen atoms in total. The molecule has 0 aromatic heterocycles. The standard InChI is InChI=1S/C23H30O8P2/c24-11-13-26-21(19-7-3-1-4-8-19)17-23(32-28-15-16-29-32,20-9-5-2-6-10-20)33-30-18-22(31-33)27-14-12-25/h1-10,21-22,24-25H,11-18H2. The Hall–Kier alpha value is -1.02. The smallest absolute Gasteiger partial charge is 0.194 e. The van der Waals surface area contributed by atoms with Gasteiger partial charge in [0.25, 0.3) is 0 Å². The minimum atomic E-state index is -1.54. The summed E-state index contributed by atoms with van der Waals surface area (Å²) in [4.78, 5) is -0.754. The lowest BCUT2D eigenvalue weighted by Gasteiger charge is -2.41. The molecule has 2 aromatic carbocycles. The van der Waals surface area contributed by atoms with Crippen molar-refractivity contribution >= 4 is 16.8 Å². The van der Waals surface area contributed by atoms with E-state index < -0.39 is 27.9 Å². The van der Waals surface area contributed by atoms with Crippen molar-refractivity contribution in [2.45, 2.75) is 23.7 Å². The molecule has 2 aliphatic heterocycles. The topological polar surface area (TPSA) is 95.8 Å². The Morgan fingerprint density at radius 1 is 0.879 bits per heavy atom. The van der Waals surface area contributed by atoms with Crippen molar-refractivity contribution in [2.75, 3.05) is 46.2 Å². The van der Waals surface area contributed by atoms with Crippen molar-refractivity contribution in [1.29, 1.82) is 0 Å². The molecule has 4 atom stereocenters. The number of benzene rings is 2. The minimum Gasteiger partial charge on any atom is -0.394 e. The summed E-state index contributed by atoms with van der Waals surface area (Å²) in [6.45, 7) is 1.46. The zero-order valence-electron chi connectivity index (χ0n) is 18.3. The van der Waals surface area contributed by atoms with Crippen molar-refractivity contribution in [3.63, 3.8) is 0 Å². The number of rotatable bonds is 12. The Morgan fingerprint density at radius 3 is 2.21 bits per heavy atom. The molecule has 0 amide bonds. The third-order valence-electron chi connectivity index (χ3n) is 5.33. The second-order valence-electron chi connectivity index (χ2n) is 7.49. The first kappa shape index (κ1) is 25.1. The molecular weight excluding hydrogens is 466 g/mol. The zero-order valence-corrected chi connectivity index (χ0v) is 20.1. The molecule has 4 unspecified atom stereocenters. The van der Waals surface area contributed by atoms with E-state index >= 15 is 0 Å². The number of hydrogen-bond acceptors (Lipinski definition) is 8. The summed E-state index contributed by atoms with van der Waals surface area (Å²) in [6.07, 6.45) is -0.441. The molecule has 2 fully saturated rings. The maximum absolute atomic E-state index is 9.47. The Morgan fingerprint density at radius 2 is 1.55 bits per heavy atom. The summed E-state index contributed by atoms with van der Waals surface area (Å²) < 4.78 is 36.6. The van der Waals surface area contributed by atoms with Crippen LogP contribution >= 0.6 is 16.8 Å². The van der Waals surface area contributed by atoms with E-state index in [4.69, 9.17) is 32.7 Å². The zero-order chi connectivity index (χ0) is 22.9. The van der Waals surface area contributed by atoms with E-state index in [-0.39, 0.29) is 39.1 Å². The van der Waals surface area contributed by atoms with Crippen molar-refractivity contribution in [3.05, 3.63) is 71.8 Å². The van der Waals surface area contributed by atoms with Crippen LogP contribution in [-0.2, 0) is 32.5 Å². The van der Waals surface area contributed by atoms with Crippen LogP contribution in [0.15, 0.2) is 60.7 Å². The fourth-order valence-electron chi connectivity index (χ4n) is 3.89. The maximum atomic E-state index is 9.47. The number of aliphatic hydroxyl groups is 2. The lowest BCUT2D eigenvalue weighted by Crippen LogP contribution is -2.28. The molecule has 10 heteroatoms. The van der Waals surface area contributed by atoms with E-state index in [9.17, 15) is 5.11 Å². The van der Waals surface area contributed by atoms with E-state index in [2.05, 4.69) is 0 Å². The molecule has 2 saturated heterocycles. The quantitative estimate of drug-likeness (QED) is 0.426. The summed E-state index contributed by atoms with van der Waals surface area (Å²) in [6, 6.07) is 19.9. The molecule has 2 N–H and O–H groups in total. The molecule has 33 heavy (non-hydrogen) atoms. The number of hydrogen-bond donors (Lipinski definition) is 2. The van der Waals surface area contributed by atoms with Gasteiger partial charge in [0.15, 0.2) is 23.0 Å². The van der Waals surface area contributed by atoms with Gasteiger partial charge < -0.3 is 37.8 Å². The van der Waals surface area contributed by atoms with Gasteiger partial charge in [0, 0.05) is 6.42 Å². The molecule has 0 aliphatic carbocycles. The lowest BCUT2D eigenvalue weighted by molar-refractivity contribution is -0.0755. The molecule has 2 heterocycles. The van der Waals surface area contributed by atoms with Gasteiger partial charge in [-0.1, -0.05) is 60.7 Å². The molecule has 0 bridgehead atoms. The normalized spacial score (nSPS) is 24.1. The van der Waals surface area contributed by atoms with Crippen LogP contribution in [-0.4, -0.2) is 62.8 Å². The largest absolute Gasteiger partial charge is 0.394 e. The van der Waals surface area contributed by atoms with E-state index in [0.29, 0.717) is 19.6 Å². The number of aliphatic hydroxyl groups excluding tert-OH is 2. The summed E-state index contributed by atoms with van der Waals surface area (Å²) in [5.41, 5.74) is 1.98. The molecule has 4 rings (SSSR count). The molecule has 2 aliphatic rings. The van der Waals surface area contributed by atoms with Gasteiger partial charge >= 0.3 is 0 Å².